The first-order chi connectivity index (χ1) is 6.90. The summed E-state index contributed by atoms with van der Waals surface area (Å²) in [6.07, 6.45) is 2.48. The second-order valence-electron chi connectivity index (χ2n) is 3.84. The standard InChI is InChI=1S/C11H18N2S/c1-2-10-8-13(6-3-5-12-10)11-4-7-14-9-11/h4,7,9-10,12H,2-3,5-6,8H2,1H3. The summed E-state index contributed by atoms with van der Waals surface area (Å²) in [7, 11) is 0. The number of anilines is 1. The molecule has 14 heavy (non-hydrogen) atoms. The van der Waals surface area contributed by atoms with Crippen LogP contribution in [0.2, 0.25) is 0 Å². The summed E-state index contributed by atoms with van der Waals surface area (Å²) in [6.45, 7) is 5.78. The first kappa shape index (κ1) is 9.99. The van der Waals surface area contributed by atoms with Gasteiger partial charge in [-0.05, 0) is 30.8 Å². The first-order valence-corrected chi connectivity index (χ1v) is 6.35. The lowest BCUT2D eigenvalue weighted by Crippen LogP contribution is -2.36. The Bertz CT molecular complexity index is 258. The Labute approximate surface area is 89.9 Å². The van der Waals surface area contributed by atoms with E-state index in [1.165, 1.54) is 31.6 Å². The van der Waals surface area contributed by atoms with Crippen molar-refractivity contribution in [2.75, 3.05) is 24.5 Å². The molecular formula is C11H18N2S. The van der Waals surface area contributed by atoms with Crippen molar-refractivity contribution < 1.29 is 0 Å². The van der Waals surface area contributed by atoms with E-state index in [0.717, 1.165) is 6.54 Å². The Balaban J connectivity index is 2.03. The zero-order valence-electron chi connectivity index (χ0n) is 8.70. The van der Waals surface area contributed by atoms with Crippen molar-refractivity contribution in [3.8, 4) is 0 Å². The lowest BCUT2D eigenvalue weighted by Gasteiger charge is -2.24. The normalized spacial score (nSPS) is 23.5. The lowest BCUT2D eigenvalue weighted by atomic mass is 10.2. The summed E-state index contributed by atoms with van der Waals surface area (Å²) >= 11 is 1.79. The average Bonchev–Trinajstić information content (AvgIpc) is 2.63. The van der Waals surface area contributed by atoms with Crippen LogP contribution in [0.1, 0.15) is 19.8 Å². The van der Waals surface area contributed by atoms with Crippen molar-refractivity contribution in [3.05, 3.63) is 16.8 Å². The zero-order chi connectivity index (χ0) is 9.80. The van der Waals surface area contributed by atoms with Gasteiger partial charge in [0.15, 0.2) is 0 Å². The quantitative estimate of drug-likeness (QED) is 0.806. The molecule has 1 atom stereocenters. The summed E-state index contributed by atoms with van der Waals surface area (Å²) in [4.78, 5) is 2.50. The van der Waals surface area contributed by atoms with Crippen LogP contribution in [0.25, 0.3) is 0 Å². The van der Waals surface area contributed by atoms with Crippen LogP contribution in [-0.2, 0) is 0 Å². The molecule has 1 N–H and O–H groups in total. The molecule has 0 amide bonds. The van der Waals surface area contributed by atoms with E-state index in [0.29, 0.717) is 6.04 Å². The molecule has 0 bridgehead atoms. The monoisotopic (exact) mass is 210 g/mol. The van der Waals surface area contributed by atoms with Gasteiger partial charge in [0.1, 0.15) is 0 Å². The largest absolute Gasteiger partial charge is 0.369 e. The molecule has 0 spiro atoms. The van der Waals surface area contributed by atoms with Gasteiger partial charge >= 0.3 is 0 Å². The molecule has 1 aromatic heterocycles. The highest BCUT2D eigenvalue weighted by Gasteiger charge is 2.16. The molecule has 1 fully saturated rings. The maximum atomic E-state index is 3.58. The van der Waals surface area contributed by atoms with Crippen molar-refractivity contribution in [1.29, 1.82) is 0 Å². The molecule has 0 saturated carbocycles. The zero-order valence-corrected chi connectivity index (χ0v) is 9.52. The van der Waals surface area contributed by atoms with Crippen LogP contribution < -0.4 is 10.2 Å². The van der Waals surface area contributed by atoms with E-state index in [1.807, 2.05) is 0 Å². The predicted molar refractivity (Wildman–Crippen MR) is 63.2 cm³/mol. The van der Waals surface area contributed by atoms with E-state index in [1.54, 1.807) is 11.3 Å². The molecule has 0 aromatic carbocycles. The van der Waals surface area contributed by atoms with Crippen LogP contribution in [0.3, 0.4) is 0 Å². The maximum absolute atomic E-state index is 3.58. The minimum absolute atomic E-state index is 0.664. The van der Waals surface area contributed by atoms with E-state index < -0.39 is 0 Å². The van der Waals surface area contributed by atoms with Crippen molar-refractivity contribution in [1.82, 2.24) is 5.32 Å². The SMILES string of the molecule is CCC1CN(c2ccsc2)CCCN1. The Hall–Kier alpha value is -0.540. The molecule has 1 saturated heterocycles. The summed E-state index contributed by atoms with van der Waals surface area (Å²) in [5.74, 6) is 0. The van der Waals surface area contributed by atoms with E-state index in [9.17, 15) is 0 Å². The average molecular weight is 210 g/mol. The van der Waals surface area contributed by atoms with Gasteiger partial charge in [0, 0.05) is 30.2 Å². The minimum atomic E-state index is 0.664. The van der Waals surface area contributed by atoms with Crippen LogP contribution in [-0.4, -0.2) is 25.7 Å². The van der Waals surface area contributed by atoms with Gasteiger partial charge in [-0.3, -0.25) is 0 Å². The van der Waals surface area contributed by atoms with Gasteiger partial charge in [0.05, 0.1) is 0 Å². The molecule has 2 heterocycles. The topological polar surface area (TPSA) is 15.3 Å². The van der Waals surface area contributed by atoms with Crippen LogP contribution >= 0.6 is 11.3 Å². The maximum Gasteiger partial charge on any atom is 0.0475 e. The van der Waals surface area contributed by atoms with Crippen molar-refractivity contribution in [2.45, 2.75) is 25.8 Å². The number of thiophene rings is 1. The smallest absolute Gasteiger partial charge is 0.0475 e. The van der Waals surface area contributed by atoms with Crippen LogP contribution in [0.15, 0.2) is 16.8 Å². The van der Waals surface area contributed by atoms with Crippen molar-refractivity contribution in [3.63, 3.8) is 0 Å². The molecule has 1 aromatic rings. The number of hydrogen-bond donors (Lipinski definition) is 1. The molecule has 2 nitrogen and oxygen atoms in total. The third kappa shape index (κ3) is 2.28. The van der Waals surface area contributed by atoms with Gasteiger partial charge in [0.2, 0.25) is 0 Å². The Morgan fingerprint density at radius 1 is 1.64 bits per heavy atom. The highest BCUT2D eigenvalue weighted by atomic mass is 32.1. The molecule has 3 heteroatoms. The van der Waals surface area contributed by atoms with Gasteiger partial charge < -0.3 is 10.2 Å². The lowest BCUT2D eigenvalue weighted by molar-refractivity contribution is 0.528. The van der Waals surface area contributed by atoms with Gasteiger partial charge in [-0.25, -0.2) is 0 Å². The fourth-order valence-electron chi connectivity index (χ4n) is 1.94. The Morgan fingerprint density at radius 2 is 2.57 bits per heavy atom. The number of hydrogen-bond acceptors (Lipinski definition) is 3. The minimum Gasteiger partial charge on any atom is -0.369 e. The van der Waals surface area contributed by atoms with Crippen molar-refractivity contribution in [2.24, 2.45) is 0 Å². The van der Waals surface area contributed by atoms with Crippen molar-refractivity contribution >= 4 is 17.0 Å². The third-order valence-electron chi connectivity index (χ3n) is 2.84. The van der Waals surface area contributed by atoms with E-state index in [2.05, 4.69) is 34.0 Å². The molecule has 0 aliphatic carbocycles. The molecule has 1 unspecified atom stereocenters. The number of nitrogens with one attached hydrogen (secondary N) is 1. The van der Waals surface area contributed by atoms with E-state index in [-0.39, 0.29) is 0 Å². The second-order valence-corrected chi connectivity index (χ2v) is 4.62. The number of nitrogens with zero attached hydrogens (tertiary/aromatic N) is 1. The summed E-state index contributed by atoms with van der Waals surface area (Å²) < 4.78 is 0. The first-order valence-electron chi connectivity index (χ1n) is 5.40. The Kier molecular flexibility index (Phi) is 3.43. The molecule has 2 rings (SSSR count). The summed E-state index contributed by atoms with van der Waals surface area (Å²) in [6, 6.07) is 2.89. The van der Waals surface area contributed by atoms with Gasteiger partial charge in [-0.15, -0.1) is 0 Å². The van der Waals surface area contributed by atoms with Crippen LogP contribution in [0.4, 0.5) is 5.69 Å². The molecule has 1 aliphatic rings. The van der Waals surface area contributed by atoms with Gasteiger partial charge in [-0.2, -0.15) is 11.3 Å². The summed E-state index contributed by atoms with van der Waals surface area (Å²) in [5, 5.41) is 7.99. The predicted octanol–water partition coefficient (Wildman–Crippen LogP) is 2.33. The van der Waals surface area contributed by atoms with Gasteiger partial charge in [-0.1, -0.05) is 6.92 Å². The molecular weight excluding hydrogens is 192 g/mol. The molecule has 0 radical (unpaired) electrons. The second kappa shape index (κ2) is 4.80. The van der Waals surface area contributed by atoms with E-state index >= 15 is 0 Å². The van der Waals surface area contributed by atoms with Gasteiger partial charge in [0.25, 0.3) is 0 Å². The van der Waals surface area contributed by atoms with Crippen LogP contribution in [0, 0.1) is 0 Å². The fourth-order valence-corrected chi connectivity index (χ4v) is 2.61. The highest BCUT2D eigenvalue weighted by Crippen LogP contribution is 2.19. The molecule has 78 valence electrons. The number of rotatable bonds is 2. The molecule has 1 aliphatic heterocycles. The Morgan fingerprint density at radius 3 is 3.29 bits per heavy atom. The highest BCUT2D eigenvalue weighted by molar-refractivity contribution is 7.08. The van der Waals surface area contributed by atoms with E-state index in [4.69, 9.17) is 0 Å². The summed E-state index contributed by atoms with van der Waals surface area (Å²) in [5.41, 5.74) is 1.40. The van der Waals surface area contributed by atoms with Crippen LogP contribution in [0.5, 0.6) is 0 Å². The fraction of sp³-hybridized carbons (Fsp3) is 0.636. The third-order valence-corrected chi connectivity index (χ3v) is 3.51.